The highest BCUT2D eigenvalue weighted by molar-refractivity contribution is 7.89. The lowest BCUT2D eigenvalue weighted by atomic mass is 10.2. The molecule has 3 rings (SSSR count). The summed E-state index contributed by atoms with van der Waals surface area (Å²) in [5.74, 6) is -0.997. The van der Waals surface area contributed by atoms with Crippen molar-refractivity contribution in [2.24, 2.45) is 0 Å². The first-order valence-electron chi connectivity index (χ1n) is 9.29. The minimum Gasteiger partial charge on any atom is -0.452 e. The molecule has 0 unspecified atom stereocenters. The molecule has 0 spiro atoms. The van der Waals surface area contributed by atoms with E-state index in [1.54, 1.807) is 60.7 Å². The maximum absolute atomic E-state index is 12.6. The highest BCUT2D eigenvalue weighted by atomic mass is 35.5. The summed E-state index contributed by atoms with van der Waals surface area (Å²) in [7, 11) is -3.58. The number of rotatable bonds is 6. The summed E-state index contributed by atoms with van der Waals surface area (Å²) in [6.07, 6.45) is 2.80. The van der Waals surface area contributed by atoms with Crippen LogP contribution in [0.4, 0.5) is 0 Å². The average Bonchev–Trinajstić information content (AvgIpc) is 2.77. The fraction of sp³-hybridized carbons (Fsp3) is 0.238. The molecule has 1 fully saturated rings. The Kier molecular flexibility index (Phi) is 7.25. The fourth-order valence-electron chi connectivity index (χ4n) is 2.93. The van der Waals surface area contributed by atoms with E-state index in [0.717, 1.165) is 5.56 Å². The Bertz CT molecular complexity index is 1020. The monoisotopic (exact) mass is 448 g/mol. The Morgan fingerprint density at radius 1 is 0.967 bits per heavy atom. The van der Waals surface area contributed by atoms with E-state index in [9.17, 15) is 18.0 Å². The zero-order valence-electron chi connectivity index (χ0n) is 16.1. The third-order valence-electron chi connectivity index (χ3n) is 4.59. The van der Waals surface area contributed by atoms with Gasteiger partial charge in [-0.2, -0.15) is 4.31 Å². The fourth-order valence-corrected chi connectivity index (χ4v) is 4.50. The van der Waals surface area contributed by atoms with E-state index in [0.29, 0.717) is 5.02 Å². The van der Waals surface area contributed by atoms with E-state index >= 15 is 0 Å². The van der Waals surface area contributed by atoms with E-state index in [1.807, 2.05) is 0 Å². The number of halogens is 1. The molecule has 0 atom stereocenters. The number of ether oxygens (including phenoxy) is 1. The second kappa shape index (κ2) is 9.88. The lowest BCUT2D eigenvalue weighted by molar-refractivity contribution is -0.148. The first-order chi connectivity index (χ1) is 14.4. The summed E-state index contributed by atoms with van der Waals surface area (Å²) < 4.78 is 31.6. The van der Waals surface area contributed by atoms with Crippen molar-refractivity contribution in [2.45, 2.75) is 4.90 Å². The van der Waals surface area contributed by atoms with Crippen molar-refractivity contribution in [2.75, 3.05) is 32.8 Å². The summed E-state index contributed by atoms with van der Waals surface area (Å²) in [5.41, 5.74) is 0.776. The smallest absolute Gasteiger partial charge is 0.331 e. The normalized spacial score (nSPS) is 15.3. The first-order valence-corrected chi connectivity index (χ1v) is 11.1. The molecule has 0 bridgehead atoms. The van der Waals surface area contributed by atoms with Crippen LogP contribution in [0.15, 0.2) is 65.6 Å². The summed E-state index contributed by atoms with van der Waals surface area (Å²) in [6.45, 7) is 0.460. The Morgan fingerprint density at radius 3 is 2.23 bits per heavy atom. The molecular weight excluding hydrogens is 428 g/mol. The molecule has 0 aliphatic carbocycles. The van der Waals surface area contributed by atoms with Gasteiger partial charge in [0, 0.05) is 37.3 Å². The quantitative estimate of drug-likeness (QED) is 0.500. The van der Waals surface area contributed by atoms with Crippen molar-refractivity contribution in [1.82, 2.24) is 9.21 Å². The van der Waals surface area contributed by atoms with Crippen LogP contribution >= 0.6 is 11.6 Å². The molecule has 158 valence electrons. The number of nitrogens with zero attached hydrogens (tertiary/aromatic N) is 2. The van der Waals surface area contributed by atoms with Gasteiger partial charge in [-0.1, -0.05) is 41.9 Å². The van der Waals surface area contributed by atoms with Crippen LogP contribution in [0.25, 0.3) is 6.08 Å². The number of piperazine rings is 1. The van der Waals surface area contributed by atoms with Crippen molar-refractivity contribution < 1.29 is 22.7 Å². The van der Waals surface area contributed by atoms with Gasteiger partial charge < -0.3 is 9.64 Å². The van der Waals surface area contributed by atoms with Crippen LogP contribution in [-0.4, -0.2) is 62.3 Å². The number of amides is 1. The van der Waals surface area contributed by atoms with Gasteiger partial charge in [0.05, 0.1) is 4.90 Å². The Hall–Kier alpha value is -2.68. The predicted molar refractivity (Wildman–Crippen MR) is 113 cm³/mol. The molecule has 2 aromatic carbocycles. The lowest BCUT2D eigenvalue weighted by Gasteiger charge is -2.33. The largest absolute Gasteiger partial charge is 0.452 e. The van der Waals surface area contributed by atoms with E-state index in [2.05, 4.69) is 0 Å². The van der Waals surface area contributed by atoms with E-state index in [1.165, 1.54) is 15.3 Å². The average molecular weight is 449 g/mol. The number of carbonyl (C=O) groups excluding carboxylic acids is 2. The van der Waals surface area contributed by atoms with Crippen molar-refractivity contribution >= 4 is 39.6 Å². The van der Waals surface area contributed by atoms with Gasteiger partial charge in [-0.15, -0.1) is 0 Å². The highest BCUT2D eigenvalue weighted by Gasteiger charge is 2.30. The summed E-state index contributed by atoms with van der Waals surface area (Å²) >= 11 is 5.80. The molecule has 0 N–H and O–H groups in total. The first kappa shape index (κ1) is 22.0. The zero-order chi connectivity index (χ0) is 21.6. The molecule has 7 nitrogen and oxygen atoms in total. The number of carbonyl (C=O) groups is 2. The summed E-state index contributed by atoms with van der Waals surface area (Å²) in [4.78, 5) is 25.8. The molecule has 30 heavy (non-hydrogen) atoms. The van der Waals surface area contributed by atoms with Gasteiger partial charge in [0.1, 0.15) is 0 Å². The van der Waals surface area contributed by atoms with Gasteiger partial charge in [-0.3, -0.25) is 4.79 Å². The lowest BCUT2D eigenvalue weighted by Crippen LogP contribution is -2.51. The minimum absolute atomic E-state index is 0.188. The molecule has 1 heterocycles. The molecule has 2 aromatic rings. The minimum atomic E-state index is -3.58. The van der Waals surface area contributed by atoms with Gasteiger partial charge in [0.15, 0.2) is 6.61 Å². The van der Waals surface area contributed by atoms with Crippen LogP contribution in [0.3, 0.4) is 0 Å². The van der Waals surface area contributed by atoms with Crippen LogP contribution in [-0.2, 0) is 24.3 Å². The topological polar surface area (TPSA) is 84.0 Å². The van der Waals surface area contributed by atoms with Gasteiger partial charge in [-0.05, 0) is 35.9 Å². The van der Waals surface area contributed by atoms with Crippen molar-refractivity contribution in [3.05, 3.63) is 71.3 Å². The van der Waals surface area contributed by atoms with Crippen molar-refractivity contribution in [1.29, 1.82) is 0 Å². The second-order valence-electron chi connectivity index (χ2n) is 6.59. The van der Waals surface area contributed by atoms with Crippen LogP contribution in [0.1, 0.15) is 5.56 Å². The standard InChI is InChI=1S/C21H21ClN2O5S/c22-18-9-6-17(7-10-18)8-11-21(26)29-16-20(25)23-12-14-24(15-13-23)30(27,28)19-4-2-1-3-5-19/h1-11H,12-16H2/b11-8+. The molecule has 0 saturated carbocycles. The number of esters is 1. The molecule has 1 amide bonds. The third-order valence-corrected chi connectivity index (χ3v) is 6.76. The molecule has 0 aromatic heterocycles. The highest BCUT2D eigenvalue weighted by Crippen LogP contribution is 2.17. The van der Waals surface area contributed by atoms with Crippen molar-refractivity contribution in [3.63, 3.8) is 0 Å². The maximum Gasteiger partial charge on any atom is 0.331 e. The predicted octanol–water partition coefficient (Wildman–Crippen LogP) is 2.43. The Labute approximate surface area is 180 Å². The van der Waals surface area contributed by atoms with Crippen LogP contribution in [0.5, 0.6) is 0 Å². The Balaban J connectivity index is 1.46. The van der Waals surface area contributed by atoms with Crippen LogP contribution in [0.2, 0.25) is 5.02 Å². The van der Waals surface area contributed by atoms with E-state index in [-0.39, 0.29) is 37.0 Å². The molecule has 1 aliphatic heterocycles. The van der Waals surface area contributed by atoms with Gasteiger partial charge >= 0.3 is 5.97 Å². The number of sulfonamides is 1. The molecule has 9 heteroatoms. The zero-order valence-corrected chi connectivity index (χ0v) is 17.7. The molecular formula is C21H21ClN2O5S. The van der Waals surface area contributed by atoms with E-state index < -0.39 is 22.6 Å². The van der Waals surface area contributed by atoms with Crippen LogP contribution < -0.4 is 0 Å². The van der Waals surface area contributed by atoms with Gasteiger partial charge in [-0.25, -0.2) is 13.2 Å². The summed E-state index contributed by atoms with van der Waals surface area (Å²) in [5, 5.41) is 0.594. The van der Waals surface area contributed by atoms with Crippen molar-refractivity contribution in [3.8, 4) is 0 Å². The SMILES string of the molecule is O=C(/C=C/c1ccc(Cl)cc1)OCC(=O)N1CCN(S(=O)(=O)c2ccccc2)CC1. The summed E-state index contributed by atoms with van der Waals surface area (Å²) in [6, 6.07) is 15.1. The number of benzene rings is 2. The van der Waals surface area contributed by atoms with Crippen LogP contribution in [0, 0.1) is 0 Å². The molecule has 1 saturated heterocycles. The number of hydrogen-bond donors (Lipinski definition) is 0. The number of hydrogen-bond acceptors (Lipinski definition) is 5. The van der Waals surface area contributed by atoms with Gasteiger partial charge in [0.25, 0.3) is 5.91 Å². The van der Waals surface area contributed by atoms with E-state index in [4.69, 9.17) is 16.3 Å². The molecule has 0 radical (unpaired) electrons. The third kappa shape index (κ3) is 5.69. The van der Waals surface area contributed by atoms with Gasteiger partial charge in [0.2, 0.25) is 10.0 Å². The second-order valence-corrected chi connectivity index (χ2v) is 8.96. The molecule has 1 aliphatic rings. The maximum atomic E-state index is 12.6. The Morgan fingerprint density at radius 2 is 1.60 bits per heavy atom.